The Balaban J connectivity index is 1.41. The van der Waals surface area contributed by atoms with Crippen molar-refractivity contribution in [2.75, 3.05) is 33.4 Å². The van der Waals surface area contributed by atoms with Crippen LogP contribution in [-0.4, -0.2) is 67.4 Å². The first-order valence-electron chi connectivity index (χ1n) is 12.0. The van der Waals surface area contributed by atoms with E-state index in [1.807, 2.05) is 43.3 Å². The highest BCUT2D eigenvalue weighted by atomic mass is 16.5. The van der Waals surface area contributed by atoms with Crippen molar-refractivity contribution in [1.29, 1.82) is 0 Å². The van der Waals surface area contributed by atoms with Gasteiger partial charge in [0, 0.05) is 39.1 Å². The maximum absolute atomic E-state index is 13.2. The number of nitrogens with one attached hydrogen (secondary N) is 1. The fourth-order valence-electron chi connectivity index (χ4n) is 5.09. The number of rotatable bonds is 8. The van der Waals surface area contributed by atoms with Gasteiger partial charge in [-0.1, -0.05) is 55.5 Å². The standard InChI is InChI=1S/C27H32N2O6/c1-17-11-13-29(15-22(17)26(31)32)25(30)24(12-14-34-2)28-27(33)35-16-23-20-9-5-3-7-18(20)19-8-4-6-10-21(19)23/h3-10,17,22-24H,11-16H2,1-2H3,(H,28,33)(H,31,32). The summed E-state index contributed by atoms with van der Waals surface area (Å²) < 4.78 is 10.7. The van der Waals surface area contributed by atoms with Gasteiger partial charge in [-0.2, -0.15) is 0 Å². The molecule has 1 saturated heterocycles. The lowest BCUT2D eigenvalue weighted by molar-refractivity contribution is -0.148. The fraction of sp³-hybridized carbons (Fsp3) is 0.444. The molecule has 0 spiro atoms. The molecule has 0 saturated carbocycles. The highest BCUT2D eigenvalue weighted by Crippen LogP contribution is 2.44. The van der Waals surface area contributed by atoms with Gasteiger partial charge in [-0.25, -0.2) is 4.79 Å². The third-order valence-corrected chi connectivity index (χ3v) is 7.13. The van der Waals surface area contributed by atoms with Crippen molar-refractivity contribution in [1.82, 2.24) is 10.2 Å². The maximum atomic E-state index is 13.2. The number of alkyl carbamates (subject to hydrolysis) is 1. The third kappa shape index (κ3) is 5.32. The van der Waals surface area contributed by atoms with E-state index in [9.17, 15) is 19.5 Å². The van der Waals surface area contributed by atoms with Crippen LogP contribution in [0.25, 0.3) is 11.1 Å². The Bertz CT molecular complexity index is 1040. The number of hydrogen-bond donors (Lipinski definition) is 2. The molecule has 3 atom stereocenters. The van der Waals surface area contributed by atoms with Gasteiger partial charge in [-0.3, -0.25) is 9.59 Å². The third-order valence-electron chi connectivity index (χ3n) is 7.13. The van der Waals surface area contributed by atoms with Crippen LogP contribution in [0.2, 0.25) is 0 Å². The molecule has 1 aliphatic heterocycles. The molecule has 2 N–H and O–H groups in total. The molecule has 2 aromatic carbocycles. The van der Waals surface area contributed by atoms with Gasteiger partial charge in [0.15, 0.2) is 0 Å². The van der Waals surface area contributed by atoms with Crippen molar-refractivity contribution in [3.8, 4) is 11.1 Å². The van der Waals surface area contributed by atoms with Crippen molar-refractivity contribution in [3.05, 3.63) is 59.7 Å². The maximum Gasteiger partial charge on any atom is 0.407 e. The van der Waals surface area contributed by atoms with E-state index in [4.69, 9.17) is 9.47 Å². The number of ether oxygens (including phenoxy) is 2. The van der Waals surface area contributed by atoms with Crippen LogP contribution in [-0.2, 0) is 19.1 Å². The number of aliphatic carboxylic acids is 1. The monoisotopic (exact) mass is 480 g/mol. The summed E-state index contributed by atoms with van der Waals surface area (Å²) in [5.41, 5.74) is 4.49. The first-order chi connectivity index (χ1) is 16.9. The van der Waals surface area contributed by atoms with Gasteiger partial charge in [-0.15, -0.1) is 0 Å². The summed E-state index contributed by atoms with van der Waals surface area (Å²) in [6, 6.07) is 15.3. The van der Waals surface area contributed by atoms with Crippen LogP contribution < -0.4 is 5.32 Å². The van der Waals surface area contributed by atoms with E-state index in [1.54, 1.807) is 0 Å². The molecule has 1 fully saturated rings. The lowest BCUT2D eigenvalue weighted by Crippen LogP contribution is -2.53. The second kappa shape index (κ2) is 10.9. The molecular weight excluding hydrogens is 448 g/mol. The lowest BCUT2D eigenvalue weighted by Gasteiger charge is -2.36. The van der Waals surface area contributed by atoms with E-state index in [2.05, 4.69) is 17.4 Å². The van der Waals surface area contributed by atoms with Crippen LogP contribution in [0, 0.1) is 11.8 Å². The van der Waals surface area contributed by atoms with E-state index in [0.717, 1.165) is 22.3 Å². The smallest absolute Gasteiger partial charge is 0.407 e. The zero-order valence-electron chi connectivity index (χ0n) is 20.1. The van der Waals surface area contributed by atoms with Gasteiger partial charge in [0.1, 0.15) is 12.6 Å². The van der Waals surface area contributed by atoms with Crippen molar-refractivity contribution >= 4 is 18.0 Å². The highest BCUT2D eigenvalue weighted by molar-refractivity contribution is 5.86. The van der Waals surface area contributed by atoms with Crippen LogP contribution in [0.15, 0.2) is 48.5 Å². The Morgan fingerprint density at radius 3 is 2.31 bits per heavy atom. The second-order valence-electron chi connectivity index (χ2n) is 9.30. The summed E-state index contributed by atoms with van der Waals surface area (Å²) in [5.74, 6) is -1.93. The number of piperidine rings is 1. The molecule has 4 rings (SSSR count). The number of carboxylic acid groups (broad SMARTS) is 1. The van der Waals surface area contributed by atoms with E-state index in [0.29, 0.717) is 13.0 Å². The molecule has 1 heterocycles. The van der Waals surface area contributed by atoms with Crippen LogP contribution in [0.3, 0.4) is 0 Å². The Kier molecular flexibility index (Phi) is 7.70. The topological polar surface area (TPSA) is 105 Å². The van der Waals surface area contributed by atoms with Crippen LogP contribution in [0.5, 0.6) is 0 Å². The Morgan fingerprint density at radius 1 is 1.09 bits per heavy atom. The minimum absolute atomic E-state index is 0.0101. The van der Waals surface area contributed by atoms with E-state index >= 15 is 0 Å². The number of carbonyl (C=O) groups is 3. The average Bonchev–Trinajstić information content (AvgIpc) is 3.18. The van der Waals surface area contributed by atoms with Crippen molar-refractivity contribution in [2.45, 2.75) is 31.7 Å². The van der Waals surface area contributed by atoms with Crippen LogP contribution in [0.1, 0.15) is 36.8 Å². The largest absolute Gasteiger partial charge is 0.481 e. The van der Waals surface area contributed by atoms with Crippen molar-refractivity contribution < 1.29 is 29.0 Å². The summed E-state index contributed by atoms with van der Waals surface area (Å²) in [4.78, 5) is 39.1. The molecule has 0 radical (unpaired) electrons. The number of likely N-dealkylation sites (tertiary alicyclic amines) is 1. The minimum atomic E-state index is -0.909. The van der Waals surface area contributed by atoms with Gasteiger partial charge >= 0.3 is 12.1 Å². The number of carboxylic acids is 1. The number of nitrogens with zero attached hydrogens (tertiary/aromatic N) is 1. The number of fused-ring (bicyclic) bond motifs is 3. The zero-order chi connectivity index (χ0) is 24.9. The van der Waals surface area contributed by atoms with Crippen molar-refractivity contribution in [3.63, 3.8) is 0 Å². The highest BCUT2D eigenvalue weighted by Gasteiger charge is 2.36. The summed E-state index contributed by atoms with van der Waals surface area (Å²) in [6.45, 7) is 2.89. The summed E-state index contributed by atoms with van der Waals surface area (Å²) in [6.07, 6.45) is 0.190. The zero-order valence-corrected chi connectivity index (χ0v) is 20.1. The molecular formula is C27H32N2O6. The fourth-order valence-corrected chi connectivity index (χ4v) is 5.09. The second-order valence-corrected chi connectivity index (χ2v) is 9.30. The first-order valence-corrected chi connectivity index (χ1v) is 12.0. The minimum Gasteiger partial charge on any atom is -0.481 e. The molecule has 186 valence electrons. The molecule has 8 heteroatoms. The van der Waals surface area contributed by atoms with Gasteiger partial charge < -0.3 is 24.8 Å². The predicted octanol–water partition coefficient (Wildman–Crippen LogP) is 3.50. The molecule has 8 nitrogen and oxygen atoms in total. The number of benzene rings is 2. The molecule has 2 aliphatic rings. The molecule has 0 aromatic heterocycles. The molecule has 3 unspecified atom stereocenters. The predicted molar refractivity (Wildman–Crippen MR) is 130 cm³/mol. The van der Waals surface area contributed by atoms with E-state index < -0.39 is 24.0 Å². The number of hydrogen-bond acceptors (Lipinski definition) is 5. The summed E-state index contributed by atoms with van der Waals surface area (Å²) in [5, 5.41) is 12.2. The Hall–Kier alpha value is -3.39. The van der Waals surface area contributed by atoms with Gasteiger partial charge in [0.2, 0.25) is 5.91 Å². The molecule has 2 aromatic rings. The lowest BCUT2D eigenvalue weighted by atomic mass is 9.87. The molecule has 0 bridgehead atoms. The van der Waals surface area contributed by atoms with Crippen molar-refractivity contribution in [2.24, 2.45) is 11.8 Å². The Labute approximate surface area is 205 Å². The quantitative estimate of drug-likeness (QED) is 0.599. The molecule has 35 heavy (non-hydrogen) atoms. The average molecular weight is 481 g/mol. The van der Waals surface area contributed by atoms with Gasteiger partial charge in [0.05, 0.1) is 5.92 Å². The molecule has 1 aliphatic carbocycles. The number of amides is 2. The summed E-state index contributed by atoms with van der Waals surface area (Å²) >= 11 is 0. The van der Waals surface area contributed by atoms with Crippen LogP contribution in [0.4, 0.5) is 4.79 Å². The van der Waals surface area contributed by atoms with Gasteiger partial charge in [-0.05, 0) is 34.6 Å². The SMILES string of the molecule is COCCC(NC(=O)OCC1c2ccccc2-c2ccccc21)C(=O)N1CCC(C)C(C(=O)O)C1. The summed E-state index contributed by atoms with van der Waals surface area (Å²) in [7, 11) is 1.53. The van der Waals surface area contributed by atoms with Crippen LogP contribution >= 0.6 is 0 Å². The normalized spacial score (nSPS) is 20.0. The Morgan fingerprint density at radius 2 is 1.71 bits per heavy atom. The first kappa shape index (κ1) is 24.7. The number of carbonyl (C=O) groups excluding carboxylic acids is 2. The van der Waals surface area contributed by atoms with E-state index in [-0.39, 0.29) is 43.9 Å². The van der Waals surface area contributed by atoms with Gasteiger partial charge in [0.25, 0.3) is 0 Å². The van der Waals surface area contributed by atoms with E-state index in [1.165, 1.54) is 12.0 Å². The molecule has 2 amide bonds. The number of methoxy groups -OCH3 is 1.